The van der Waals surface area contributed by atoms with Crippen molar-refractivity contribution in [3.05, 3.63) is 53.5 Å². The maximum absolute atomic E-state index is 5.26. The van der Waals surface area contributed by atoms with Crippen LogP contribution in [-0.4, -0.2) is 21.7 Å². The molecular formula is C16H18N4O. The molecule has 1 N–H and O–H groups in total. The van der Waals surface area contributed by atoms with Gasteiger partial charge in [-0.2, -0.15) is 5.10 Å². The number of hydrogen-bond donors (Lipinski definition) is 1. The van der Waals surface area contributed by atoms with Crippen molar-refractivity contribution in [1.82, 2.24) is 14.6 Å². The van der Waals surface area contributed by atoms with E-state index in [1.807, 2.05) is 49.0 Å². The molecule has 108 valence electrons. The van der Waals surface area contributed by atoms with Crippen LogP contribution in [0.15, 0.2) is 36.7 Å². The first-order chi connectivity index (χ1) is 10.2. The molecule has 0 fully saturated rings. The van der Waals surface area contributed by atoms with Crippen molar-refractivity contribution >= 4 is 11.3 Å². The van der Waals surface area contributed by atoms with E-state index in [9.17, 15) is 0 Å². The summed E-state index contributed by atoms with van der Waals surface area (Å²) in [5.41, 5.74) is 5.10. The largest absolute Gasteiger partial charge is 0.496 e. The molecule has 0 aliphatic rings. The van der Waals surface area contributed by atoms with Gasteiger partial charge >= 0.3 is 0 Å². The zero-order chi connectivity index (χ0) is 14.8. The highest BCUT2D eigenvalue weighted by Crippen LogP contribution is 2.21. The van der Waals surface area contributed by atoms with E-state index in [0.29, 0.717) is 6.54 Å². The zero-order valence-electron chi connectivity index (χ0n) is 12.4. The molecule has 0 saturated carbocycles. The van der Waals surface area contributed by atoms with Crippen molar-refractivity contribution in [1.29, 1.82) is 0 Å². The third-order valence-electron chi connectivity index (χ3n) is 3.38. The molecular weight excluding hydrogens is 264 g/mol. The van der Waals surface area contributed by atoms with E-state index in [1.54, 1.807) is 7.11 Å². The Bertz CT molecular complexity index is 779. The fourth-order valence-electron chi connectivity index (χ4n) is 2.32. The molecule has 0 unspecified atom stereocenters. The van der Waals surface area contributed by atoms with Gasteiger partial charge in [-0.15, -0.1) is 0 Å². The Labute approximate surface area is 123 Å². The van der Waals surface area contributed by atoms with Gasteiger partial charge in [0.1, 0.15) is 5.75 Å². The molecule has 0 atom stereocenters. The number of nitrogens with one attached hydrogen (secondary N) is 1. The zero-order valence-corrected chi connectivity index (χ0v) is 12.4. The summed E-state index contributed by atoms with van der Waals surface area (Å²) >= 11 is 0. The van der Waals surface area contributed by atoms with Gasteiger partial charge in [-0.3, -0.25) is 0 Å². The van der Waals surface area contributed by atoms with Gasteiger partial charge in [0.05, 0.1) is 12.8 Å². The van der Waals surface area contributed by atoms with Crippen LogP contribution in [0.25, 0.3) is 5.65 Å². The average Bonchev–Trinajstić information content (AvgIpc) is 2.84. The number of anilines is 1. The molecule has 0 amide bonds. The molecule has 5 nitrogen and oxygen atoms in total. The molecule has 21 heavy (non-hydrogen) atoms. The molecule has 3 rings (SSSR count). The minimum Gasteiger partial charge on any atom is -0.496 e. The Morgan fingerprint density at radius 1 is 1.24 bits per heavy atom. The highest BCUT2D eigenvalue weighted by Gasteiger charge is 2.02. The van der Waals surface area contributed by atoms with E-state index >= 15 is 0 Å². The molecule has 2 aromatic heterocycles. The summed E-state index contributed by atoms with van der Waals surface area (Å²) < 4.78 is 7.08. The average molecular weight is 282 g/mol. The number of aromatic nitrogens is 3. The highest BCUT2D eigenvalue weighted by molar-refractivity contribution is 5.51. The fourth-order valence-corrected chi connectivity index (χ4v) is 2.32. The van der Waals surface area contributed by atoms with E-state index in [2.05, 4.69) is 21.5 Å². The smallest absolute Gasteiger partial charge is 0.155 e. The molecule has 3 aromatic rings. The van der Waals surface area contributed by atoms with Crippen molar-refractivity contribution in [3.63, 3.8) is 0 Å². The van der Waals surface area contributed by atoms with Gasteiger partial charge in [0.25, 0.3) is 0 Å². The SMILES string of the molecule is COc1ccc(NCc2cnc3cc(C)nn3c2)cc1C. The first kappa shape index (κ1) is 13.4. The maximum Gasteiger partial charge on any atom is 0.155 e. The summed E-state index contributed by atoms with van der Waals surface area (Å²) in [6.07, 6.45) is 3.87. The van der Waals surface area contributed by atoms with Gasteiger partial charge in [0.15, 0.2) is 5.65 Å². The lowest BCUT2D eigenvalue weighted by Crippen LogP contribution is -2.02. The van der Waals surface area contributed by atoms with Gasteiger partial charge in [-0.05, 0) is 37.6 Å². The van der Waals surface area contributed by atoms with Crippen LogP contribution < -0.4 is 10.1 Å². The number of nitrogens with zero attached hydrogens (tertiary/aromatic N) is 3. The van der Waals surface area contributed by atoms with Gasteiger partial charge in [0, 0.05) is 36.3 Å². The Morgan fingerprint density at radius 2 is 2.10 bits per heavy atom. The summed E-state index contributed by atoms with van der Waals surface area (Å²) in [5, 5.41) is 7.76. The van der Waals surface area contributed by atoms with Gasteiger partial charge in [-0.25, -0.2) is 9.50 Å². The van der Waals surface area contributed by atoms with Gasteiger partial charge in [-0.1, -0.05) is 0 Å². The van der Waals surface area contributed by atoms with Crippen LogP contribution in [-0.2, 0) is 6.54 Å². The van der Waals surface area contributed by atoms with E-state index in [0.717, 1.165) is 33.9 Å². The lowest BCUT2D eigenvalue weighted by atomic mass is 10.2. The minimum atomic E-state index is 0.702. The van der Waals surface area contributed by atoms with E-state index < -0.39 is 0 Å². The highest BCUT2D eigenvalue weighted by atomic mass is 16.5. The van der Waals surface area contributed by atoms with Crippen molar-refractivity contribution in [2.75, 3.05) is 12.4 Å². The second kappa shape index (κ2) is 5.44. The van der Waals surface area contributed by atoms with Crippen molar-refractivity contribution in [3.8, 4) is 5.75 Å². The Hall–Kier alpha value is -2.56. The van der Waals surface area contributed by atoms with Crippen LogP contribution in [0.1, 0.15) is 16.8 Å². The molecule has 0 aliphatic heterocycles. The molecule has 1 aromatic carbocycles. The second-order valence-corrected chi connectivity index (χ2v) is 5.09. The number of rotatable bonds is 4. The van der Waals surface area contributed by atoms with Gasteiger partial charge in [0.2, 0.25) is 0 Å². The number of ether oxygens (including phenoxy) is 1. The summed E-state index contributed by atoms with van der Waals surface area (Å²) in [4.78, 5) is 4.40. The normalized spacial score (nSPS) is 10.8. The van der Waals surface area contributed by atoms with Crippen LogP contribution in [0.5, 0.6) is 5.75 Å². The monoisotopic (exact) mass is 282 g/mol. The van der Waals surface area contributed by atoms with Crippen molar-refractivity contribution < 1.29 is 4.74 Å². The van der Waals surface area contributed by atoms with Crippen LogP contribution >= 0.6 is 0 Å². The standard InChI is InChI=1S/C16H18N4O/c1-11-6-14(4-5-15(11)21-3)17-8-13-9-18-16-7-12(2)19-20(16)10-13/h4-7,9-10,17H,8H2,1-3H3. The first-order valence-electron chi connectivity index (χ1n) is 6.85. The number of fused-ring (bicyclic) bond motifs is 1. The molecule has 0 radical (unpaired) electrons. The summed E-state index contributed by atoms with van der Waals surface area (Å²) in [6, 6.07) is 8.01. The molecule has 0 saturated heterocycles. The third-order valence-corrected chi connectivity index (χ3v) is 3.38. The Kier molecular flexibility index (Phi) is 3.48. The van der Waals surface area contributed by atoms with E-state index in [4.69, 9.17) is 4.74 Å². The number of hydrogen-bond acceptors (Lipinski definition) is 4. The van der Waals surface area contributed by atoms with Crippen LogP contribution in [0, 0.1) is 13.8 Å². The van der Waals surface area contributed by atoms with Gasteiger partial charge < -0.3 is 10.1 Å². The van der Waals surface area contributed by atoms with E-state index in [-0.39, 0.29) is 0 Å². The lowest BCUT2D eigenvalue weighted by molar-refractivity contribution is 0.412. The topological polar surface area (TPSA) is 51.5 Å². The Balaban J connectivity index is 1.75. The molecule has 0 bridgehead atoms. The quantitative estimate of drug-likeness (QED) is 0.799. The molecule has 0 aliphatic carbocycles. The lowest BCUT2D eigenvalue weighted by Gasteiger charge is -2.10. The summed E-state index contributed by atoms with van der Waals surface area (Å²) in [6.45, 7) is 4.70. The first-order valence-corrected chi connectivity index (χ1v) is 6.85. The summed E-state index contributed by atoms with van der Waals surface area (Å²) in [7, 11) is 1.68. The molecule has 2 heterocycles. The van der Waals surface area contributed by atoms with E-state index in [1.165, 1.54) is 0 Å². The molecule has 5 heteroatoms. The second-order valence-electron chi connectivity index (χ2n) is 5.09. The third kappa shape index (κ3) is 2.81. The molecule has 0 spiro atoms. The van der Waals surface area contributed by atoms with Crippen molar-refractivity contribution in [2.45, 2.75) is 20.4 Å². The number of benzene rings is 1. The van der Waals surface area contributed by atoms with Crippen LogP contribution in [0.3, 0.4) is 0 Å². The van der Waals surface area contributed by atoms with Crippen LogP contribution in [0.2, 0.25) is 0 Å². The number of methoxy groups -OCH3 is 1. The predicted molar refractivity (Wildman–Crippen MR) is 82.8 cm³/mol. The number of aryl methyl sites for hydroxylation is 2. The summed E-state index contributed by atoms with van der Waals surface area (Å²) in [5.74, 6) is 0.899. The predicted octanol–water partition coefficient (Wildman–Crippen LogP) is 2.97. The fraction of sp³-hybridized carbons (Fsp3) is 0.250. The van der Waals surface area contributed by atoms with Crippen molar-refractivity contribution in [2.24, 2.45) is 0 Å². The maximum atomic E-state index is 5.26. The van der Waals surface area contributed by atoms with Crippen LogP contribution in [0.4, 0.5) is 5.69 Å². The Morgan fingerprint density at radius 3 is 2.86 bits per heavy atom. The minimum absolute atomic E-state index is 0.702.